The molecule has 1 aromatic heterocycles. The van der Waals surface area contributed by atoms with E-state index in [1.807, 2.05) is 54.6 Å². The van der Waals surface area contributed by atoms with Gasteiger partial charge in [0.25, 0.3) is 0 Å². The van der Waals surface area contributed by atoms with E-state index in [2.05, 4.69) is 30.5 Å². The Labute approximate surface area is 182 Å². The second kappa shape index (κ2) is 9.23. The molecule has 0 radical (unpaired) electrons. The summed E-state index contributed by atoms with van der Waals surface area (Å²) in [7, 11) is 0. The van der Waals surface area contributed by atoms with Gasteiger partial charge in [0, 0.05) is 6.54 Å². The molecular weight excluding hydrogens is 396 g/mol. The molecule has 0 aliphatic heterocycles. The molecule has 0 saturated heterocycles. The first-order valence-electron chi connectivity index (χ1n) is 10.1. The zero-order chi connectivity index (χ0) is 20.9. The fourth-order valence-corrected chi connectivity index (χ4v) is 3.66. The number of fused-ring (bicyclic) bond motifs is 1. The molecule has 5 heteroatoms. The number of imidazole rings is 1. The molecule has 3 aromatic carbocycles. The fraction of sp³-hybridized carbons (Fsp3) is 0.240. The number of rotatable bonds is 8. The van der Waals surface area contributed by atoms with E-state index in [0.717, 1.165) is 35.6 Å². The predicted molar refractivity (Wildman–Crippen MR) is 122 cm³/mol. The highest BCUT2D eigenvalue weighted by molar-refractivity contribution is 6.32. The standard InChI is InChI=1S/C25H25ClN2O2/c1-18-9-7-14-23(19(18)2)29-16-8-15-28-22-12-5-4-11-21(22)27-25(28)17-30-24-13-6-3-10-20(24)26/h3-7,9-14H,8,15-17H2,1-2H3. The van der Waals surface area contributed by atoms with Crippen LogP contribution in [0, 0.1) is 13.8 Å². The molecule has 0 N–H and O–H groups in total. The van der Waals surface area contributed by atoms with E-state index in [9.17, 15) is 0 Å². The van der Waals surface area contributed by atoms with Crippen molar-refractivity contribution >= 4 is 22.6 Å². The maximum Gasteiger partial charge on any atom is 0.148 e. The number of aryl methyl sites for hydroxylation is 2. The third-order valence-electron chi connectivity index (χ3n) is 5.27. The zero-order valence-corrected chi connectivity index (χ0v) is 18.0. The number of aromatic nitrogens is 2. The van der Waals surface area contributed by atoms with Crippen molar-refractivity contribution in [3.05, 3.63) is 88.7 Å². The van der Waals surface area contributed by atoms with E-state index in [4.69, 9.17) is 26.1 Å². The van der Waals surface area contributed by atoms with Gasteiger partial charge < -0.3 is 14.0 Å². The normalized spacial score (nSPS) is 11.0. The van der Waals surface area contributed by atoms with Gasteiger partial charge in [0.15, 0.2) is 0 Å². The van der Waals surface area contributed by atoms with Gasteiger partial charge in [-0.05, 0) is 61.7 Å². The number of nitrogens with zero attached hydrogens (tertiary/aromatic N) is 2. The molecule has 0 saturated carbocycles. The Balaban J connectivity index is 1.46. The van der Waals surface area contributed by atoms with Crippen molar-refractivity contribution in [3.63, 3.8) is 0 Å². The van der Waals surface area contributed by atoms with Crippen molar-refractivity contribution in [3.8, 4) is 11.5 Å². The highest BCUT2D eigenvalue weighted by Gasteiger charge is 2.12. The van der Waals surface area contributed by atoms with Gasteiger partial charge in [-0.3, -0.25) is 0 Å². The minimum Gasteiger partial charge on any atom is -0.493 e. The van der Waals surface area contributed by atoms with E-state index >= 15 is 0 Å². The summed E-state index contributed by atoms with van der Waals surface area (Å²) in [5, 5.41) is 0.599. The van der Waals surface area contributed by atoms with Crippen LogP contribution in [0.4, 0.5) is 0 Å². The van der Waals surface area contributed by atoms with Crippen molar-refractivity contribution in [2.24, 2.45) is 0 Å². The molecule has 4 aromatic rings. The molecule has 4 rings (SSSR count). The van der Waals surface area contributed by atoms with Gasteiger partial charge in [-0.15, -0.1) is 0 Å². The average Bonchev–Trinajstić information content (AvgIpc) is 3.11. The van der Waals surface area contributed by atoms with Crippen LogP contribution >= 0.6 is 11.6 Å². The van der Waals surface area contributed by atoms with Crippen molar-refractivity contribution in [2.45, 2.75) is 33.4 Å². The lowest BCUT2D eigenvalue weighted by atomic mass is 10.1. The topological polar surface area (TPSA) is 36.3 Å². The van der Waals surface area contributed by atoms with E-state index in [1.54, 1.807) is 0 Å². The van der Waals surface area contributed by atoms with Gasteiger partial charge in [0.05, 0.1) is 22.7 Å². The Morgan fingerprint density at radius 1 is 0.867 bits per heavy atom. The predicted octanol–water partition coefficient (Wildman–Crippen LogP) is 6.35. The first kappa shape index (κ1) is 20.3. The second-order valence-corrected chi connectivity index (χ2v) is 7.69. The number of para-hydroxylation sites is 3. The highest BCUT2D eigenvalue weighted by atomic mass is 35.5. The molecule has 0 bridgehead atoms. The Morgan fingerprint density at radius 3 is 2.50 bits per heavy atom. The fourth-order valence-electron chi connectivity index (χ4n) is 3.47. The van der Waals surface area contributed by atoms with Crippen molar-refractivity contribution < 1.29 is 9.47 Å². The number of hydrogen-bond acceptors (Lipinski definition) is 3. The molecule has 0 unspecified atom stereocenters. The summed E-state index contributed by atoms with van der Waals surface area (Å²) in [5.74, 6) is 2.49. The first-order valence-corrected chi connectivity index (χ1v) is 10.5. The number of hydrogen-bond donors (Lipinski definition) is 0. The van der Waals surface area contributed by atoms with Gasteiger partial charge in [-0.2, -0.15) is 0 Å². The van der Waals surface area contributed by atoms with Crippen LogP contribution < -0.4 is 9.47 Å². The molecule has 1 heterocycles. The SMILES string of the molecule is Cc1cccc(OCCCn2c(COc3ccccc3Cl)nc3ccccc32)c1C. The molecule has 0 spiro atoms. The number of benzene rings is 3. The highest BCUT2D eigenvalue weighted by Crippen LogP contribution is 2.25. The second-order valence-electron chi connectivity index (χ2n) is 7.29. The maximum absolute atomic E-state index is 6.22. The largest absolute Gasteiger partial charge is 0.493 e. The van der Waals surface area contributed by atoms with Gasteiger partial charge in [0.2, 0.25) is 0 Å². The van der Waals surface area contributed by atoms with Crippen molar-refractivity contribution in [1.82, 2.24) is 9.55 Å². The van der Waals surface area contributed by atoms with Gasteiger partial charge >= 0.3 is 0 Å². The van der Waals surface area contributed by atoms with Crippen LogP contribution in [0.5, 0.6) is 11.5 Å². The molecule has 0 aliphatic rings. The third kappa shape index (κ3) is 4.44. The van der Waals surface area contributed by atoms with Gasteiger partial charge in [-0.1, -0.05) is 48.0 Å². The summed E-state index contributed by atoms with van der Waals surface area (Å²) in [6, 6.07) is 21.8. The molecule has 0 fully saturated rings. The summed E-state index contributed by atoms with van der Waals surface area (Å²) < 4.78 is 14.2. The Kier molecular flexibility index (Phi) is 6.24. The Hall–Kier alpha value is -2.98. The van der Waals surface area contributed by atoms with Crippen LogP contribution in [0.2, 0.25) is 5.02 Å². The van der Waals surface area contributed by atoms with E-state index in [0.29, 0.717) is 24.0 Å². The summed E-state index contributed by atoms with van der Waals surface area (Å²) in [4.78, 5) is 4.77. The van der Waals surface area contributed by atoms with E-state index in [-0.39, 0.29) is 0 Å². The monoisotopic (exact) mass is 420 g/mol. The van der Waals surface area contributed by atoms with Crippen molar-refractivity contribution in [2.75, 3.05) is 6.61 Å². The quantitative estimate of drug-likeness (QED) is 0.311. The lowest BCUT2D eigenvalue weighted by Crippen LogP contribution is -2.10. The molecule has 30 heavy (non-hydrogen) atoms. The Morgan fingerprint density at radius 2 is 1.63 bits per heavy atom. The van der Waals surface area contributed by atoms with E-state index in [1.165, 1.54) is 11.1 Å². The lowest BCUT2D eigenvalue weighted by Gasteiger charge is -2.13. The molecule has 4 nitrogen and oxygen atoms in total. The van der Waals surface area contributed by atoms with E-state index < -0.39 is 0 Å². The van der Waals surface area contributed by atoms with Crippen LogP contribution in [-0.2, 0) is 13.2 Å². The summed E-state index contributed by atoms with van der Waals surface area (Å²) in [5.41, 5.74) is 4.50. The molecule has 0 aliphatic carbocycles. The number of halogens is 1. The van der Waals surface area contributed by atoms with Crippen LogP contribution in [0.1, 0.15) is 23.4 Å². The molecule has 0 atom stereocenters. The van der Waals surface area contributed by atoms with Crippen LogP contribution in [0.25, 0.3) is 11.0 Å². The van der Waals surface area contributed by atoms with Gasteiger partial charge in [-0.25, -0.2) is 4.98 Å². The Bertz CT molecular complexity index is 1150. The van der Waals surface area contributed by atoms with Crippen LogP contribution in [0.15, 0.2) is 66.7 Å². The average molecular weight is 421 g/mol. The van der Waals surface area contributed by atoms with Crippen LogP contribution in [0.3, 0.4) is 0 Å². The van der Waals surface area contributed by atoms with Crippen molar-refractivity contribution in [1.29, 1.82) is 0 Å². The van der Waals surface area contributed by atoms with Gasteiger partial charge in [0.1, 0.15) is 23.9 Å². The minimum absolute atomic E-state index is 0.357. The summed E-state index contributed by atoms with van der Waals surface area (Å²) >= 11 is 6.22. The maximum atomic E-state index is 6.22. The zero-order valence-electron chi connectivity index (χ0n) is 17.3. The molecular formula is C25H25ClN2O2. The third-order valence-corrected chi connectivity index (χ3v) is 5.58. The number of ether oxygens (including phenoxy) is 2. The molecule has 154 valence electrons. The summed E-state index contributed by atoms with van der Waals surface area (Å²) in [6.07, 6.45) is 0.868. The summed E-state index contributed by atoms with van der Waals surface area (Å²) in [6.45, 7) is 5.99. The van der Waals surface area contributed by atoms with Crippen LogP contribution in [-0.4, -0.2) is 16.2 Å². The lowest BCUT2D eigenvalue weighted by molar-refractivity contribution is 0.280. The first-order chi connectivity index (χ1) is 14.6. The molecule has 0 amide bonds. The minimum atomic E-state index is 0.357. The smallest absolute Gasteiger partial charge is 0.148 e.